The molecule has 2 bridgehead atoms. The number of carbonyl (C=O) groups excluding carboxylic acids is 6. The number of nitrogens with one attached hydrogen (secondary N) is 2. The molecule has 0 unspecified atom stereocenters. The lowest BCUT2D eigenvalue weighted by Crippen LogP contribution is -2.82. The molecule has 3 fully saturated rings. The molecule has 6 rings (SSSR count). The van der Waals surface area contributed by atoms with Crippen LogP contribution in [0.15, 0.2) is 71.8 Å². The minimum atomic E-state index is -2.52. The van der Waals surface area contributed by atoms with Gasteiger partial charge in [0.2, 0.25) is 0 Å². The Hall–Kier alpha value is -5.89. The number of Topliss-reactive ketones (excluding diaryl/α,β-unsaturated/α-hetero) is 1. The molecule has 1 aliphatic heterocycles. The number of aliphatic hydroxyl groups is 3. The van der Waals surface area contributed by atoms with E-state index in [4.69, 9.17) is 28.4 Å². The van der Waals surface area contributed by atoms with E-state index >= 15 is 4.79 Å². The van der Waals surface area contributed by atoms with Crippen molar-refractivity contribution < 1.29 is 82.4 Å². The third-order valence-corrected chi connectivity index (χ3v) is 13.2. The van der Waals surface area contributed by atoms with Crippen molar-refractivity contribution in [2.45, 2.75) is 128 Å². The van der Waals surface area contributed by atoms with Gasteiger partial charge >= 0.3 is 36.1 Å². The number of ketones is 1. The summed E-state index contributed by atoms with van der Waals surface area (Å²) in [5.74, 6) is -7.34. The summed E-state index contributed by atoms with van der Waals surface area (Å²) in [7, 11) is 0. The summed E-state index contributed by atoms with van der Waals surface area (Å²) in [4.78, 5) is 95.3. The first-order chi connectivity index (χ1) is 30.3. The van der Waals surface area contributed by atoms with E-state index in [0.717, 1.165) is 6.92 Å². The van der Waals surface area contributed by atoms with Crippen LogP contribution in [0.2, 0.25) is 0 Å². The van der Waals surface area contributed by atoms with Crippen molar-refractivity contribution in [1.29, 1.82) is 0 Å². The van der Waals surface area contributed by atoms with Gasteiger partial charge in [-0.05, 0) is 63.5 Å². The quantitative estimate of drug-likeness (QED) is 0.107. The van der Waals surface area contributed by atoms with Crippen LogP contribution in [0.4, 0.5) is 9.59 Å². The second kappa shape index (κ2) is 17.8. The highest BCUT2D eigenvalue weighted by atomic mass is 16.6. The molecule has 19 heteroatoms. The highest BCUT2D eigenvalue weighted by Crippen LogP contribution is 2.64. The number of rotatable bonds is 11. The van der Waals surface area contributed by atoms with Gasteiger partial charge in [-0.1, -0.05) is 62.4 Å². The zero-order chi connectivity index (χ0) is 48.0. The fraction of sp³-hybridized carbons (Fsp3) is 0.543. The molecule has 1 saturated heterocycles. The van der Waals surface area contributed by atoms with E-state index < -0.39 is 138 Å². The minimum Gasteiger partial charge on any atom is -0.480 e. The molecule has 352 valence electrons. The largest absolute Gasteiger partial charge is 0.480 e. The van der Waals surface area contributed by atoms with E-state index in [1.54, 1.807) is 57.2 Å². The number of amides is 2. The molecule has 2 amide bonds. The summed E-state index contributed by atoms with van der Waals surface area (Å²) >= 11 is 0. The molecule has 0 spiro atoms. The SMILES string of the molecule is CC(=O)O[C@@]12CO[C@@H]1C[C@H](O)[C@@]1(C)C(=O)[C@H](OC(=O)NCC(=O)O)C3=C(C)[C@@H](OC(=O)[C@H](O)[C@@H](NC(=O)OC(C)(C)C)c4ccccc4)C[C@@](O)([C@@H](OC(=O)c4ccccc4)[C@H]21)C3(C)C. The second-order valence-electron chi connectivity index (χ2n) is 18.7. The topological polar surface area (TPSA) is 280 Å². The van der Waals surface area contributed by atoms with Gasteiger partial charge in [0, 0.05) is 25.2 Å². The predicted molar refractivity (Wildman–Crippen MR) is 224 cm³/mol. The summed E-state index contributed by atoms with van der Waals surface area (Å²) in [5.41, 5.74) is -9.27. The molecule has 0 aromatic heterocycles. The lowest BCUT2D eigenvalue weighted by atomic mass is 9.44. The molecule has 2 aromatic carbocycles. The van der Waals surface area contributed by atoms with E-state index in [1.807, 2.05) is 0 Å². The molecule has 3 aliphatic carbocycles. The summed E-state index contributed by atoms with van der Waals surface area (Å²) in [6, 6.07) is 14.1. The van der Waals surface area contributed by atoms with Crippen LogP contribution in [0.5, 0.6) is 0 Å². The minimum absolute atomic E-state index is 0.0120. The number of alkyl carbamates (subject to hydrolysis) is 2. The van der Waals surface area contributed by atoms with Gasteiger partial charge in [0.1, 0.15) is 36.1 Å². The average molecular weight is 909 g/mol. The lowest BCUT2D eigenvalue weighted by Gasteiger charge is -2.67. The Balaban J connectivity index is 1.56. The predicted octanol–water partition coefficient (Wildman–Crippen LogP) is 3.08. The standard InChI is InChI=1S/C46H56N2O17/c1-23-27(61-39(56)33(53)32(25-15-11-9-12-16-25)48-41(58)65-42(3,4)5)20-46(59)37(63-38(55)26-17-13-10-14-18-26)35-44(8,28(50)19-29-45(35,22-60-29)64-24(2)49)36(54)34(31(23)43(46,6)7)62-40(57)47-21-30(51)52/h9-18,27-29,32-35,37,50,53,59H,19-22H2,1-8H3,(H,47,57)(H,48,58)(H,51,52)/t27-,28-,29+,32-,33+,34+,35-,37-,44+,45-,46+/m0/s1. The van der Waals surface area contributed by atoms with Crippen molar-refractivity contribution in [2.24, 2.45) is 16.7 Å². The number of fused-ring (bicyclic) bond motifs is 5. The van der Waals surface area contributed by atoms with E-state index in [1.165, 1.54) is 52.0 Å². The Morgan fingerprint density at radius 2 is 1.54 bits per heavy atom. The van der Waals surface area contributed by atoms with E-state index in [9.17, 15) is 49.2 Å². The zero-order valence-corrected chi connectivity index (χ0v) is 37.3. The van der Waals surface area contributed by atoms with Crippen LogP contribution in [0, 0.1) is 16.7 Å². The van der Waals surface area contributed by atoms with Gasteiger partial charge in [-0.15, -0.1) is 0 Å². The van der Waals surface area contributed by atoms with E-state index in [-0.39, 0.29) is 28.7 Å². The maximum absolute atomic E-state index is 15.6. The summed E-state index contributed by atoms with van der Waals surface area (Å²) < 4.78 is 35.5. The number of esters is 3. The van der Waals surface area contributed by atoms with E-state index in [0.29, 0.717) is 0 Å². The number of aliphatic hydroxyl groups excluding tert-OH is 2. The van der Waals surface area contributed by atoms with E-state index in [2.05, 4.69) is 10.6 Å². The van der Waals surface area contributed by atoms with Gasteiger partial charge in [-0.25, -0.2) is 19.2 Å². The molecule has 1 heterocycles. The number of benzene rings is 2. The summed E-state index contributed by atoms with van der Waals surface area (Å²) in [5, 5.41) is 51.5. The van der Waals surface area contributed by atoms with Gasteiger partial charge in [-0.3, -0.25) is 14.4 Å². The van der Waals surface area contributed by atoms with Crippen LogP contribution in [-0.4, -0.2) is 129 Å². The fourth-order valence-electron chi connectivity index (χ4n) is 9.93. The molecule has 19 nitrogen and oxygen atoms in total. The van der Waals surface area contributed by atoms with Gasteiger partial charge in [0.15, 0.2) is 23.6 Å². The van der Waals surface area contributed by atoms with Crippen molar-refractivity contribution in [3.8, 4) is 0 Å². The zero-order valence-electron chi connectivity index (χ0n) is 37.3. The van der Waals surface area contributed by atoms with Crippen LogP contribution in [0.25, 0.3) is 0 Å². The highest BCUT2D eigenvalue weighted by Gasteiger charge is 2.78. The lowest BCUT2D eigenvalue weighted by molar-refractivity contribution is -0.345. The third-order valence-electron chi connectivity index (χ3n) is 13.2. The average Bonchev–Trinajstić information content (AvgIpc) is 3.22. The molecule has 65 heavy (non-hydrogen) atoms. The first-order valence-corrected chi connectivity index (χ1v) is 21.1. The number of aliphatic carboxylic acids is 1. The molecule has 11 atom stereocenters. The fourth-order valence-corrected chi connectivity index (χ4v) is 9.93. The number of hydrogen-bond donors (Lipinski definition) is 6. The first-order valence-electron chi connectivity index (χ1n) is 21.1. The normalized spacial score (nSPS) is 31.1. The Labute approximate surface area is 374 Å². The molecular formula is C46H56N2O17. The third kappa shape index (κ3) is 8.93. The summed E-state index contributed by atoms with van der Waals surface area (Å²) in [6.45, 7) is 10.3. The molecule has 0 radical (unpaired) electrons. The van der Waals surface area contributed by atoms with Crippen molar-refractivity contribution in [3.05, 3.63) is 82.9 Å². The van der Waals surface area contributed by atoms with Crippen LogP contribution in [0.1, 0.15) is 90.2 Å². The first kappa shape index (κ1) is 48.6. The molecule has 2 aromatic rings. The van der Waals surface area contributed by atoms with Crippen molar-refractivity contribution in [3.63, 3.8) is 0 Å². The molecule has 6 N–H and O–H groups in total. The molecule has 2 saturated carbocycles. The van der Waals surface area contributed by atoms with Crippen molar-refractivity contribution in [1.82, 2.24) is 10.6 Å². The van der Waals surface area contributed by atoms with Crippen LogP contribution >= 0.6 is 0 Å². The Bertz CT molecular complexity index is 2240. The van der Waals surface area contributed by atoms with Crippen LogP contribution < -0.4 is 10.6 Å². The highest BCUT2D eigenvalue weighted by molar-refractivity contribution is 5.96. The second-order valence-corrected chi connectivity index (χ2v) is 18.7. The Kier molecular flexibility index (Phi) is 13.3. The molecule has 4 aliphatic rings. The smallest absolute Gasteiger partial charge is 0.408 e. The number of carbonyl (C=O) groups is 7. The van der Waals surface area contributed by atoms with Crippen LogP contribution in [0.3, 0.4) is 0 Å². The molecular weight excluding hydrogens is 853 g/mol. The summed E-state index contributed by atoms with van der Waals surface area (Å²) in [6.07, 6.45) is -13.9. The Morgan fingerprint density at radius 3 is 2.09 bits per heavy atom. The van der Waals surface area contributed by atoms with Crippen molar-refractivity contribution in [2.75, 3.05) is 13.2 Å². The van der Waals surface area contributed by atoms with Crippen molar-refractivity contribution >= 4 is 41.8 Å². The van der Waals surface area contributed by atoms with Gasteiger partial charge in [0.25, 0.3) is 0 Å². The monoisotopic (exact) mass is 908 g/mol. The van der Waals surface area contributed by atoms with Gasteiger partial charge < -0.3 is 59.5 Å². The van der Waals surface area contributed by atoms with Crippen LogP contribution in [-0.2, 0) is 47.6 Å². The number of hydrogen-bond acceptors (Lipinski definition) is 16. The number of carboxylic acid groups (broad SMARTS) is 1. The van der Waals surface area contributed by atoms with Gasteiger partial charge in [0.05, 0.1) is 35.6 Å². The van der Waals surface area contributed by atoms with Gasteiger partial charge in [-0.2, -0.15) is 0 Å². The number of ether oxygens (including phenoxy) is 6. The maximum Gasteiger partial charge on any atom is 0.408 e. The maximum atomic E-state index is 15.6. The number of carboxylic acids is 1. The Morgan fingerprint density at radius 1 is 0.923 bits per heavy atom.